The van der Waals surface area contributed by atoms with Crippen molar-refractivity contribution in [3.05, 3.63) is 54.4 Å². The molecule has 0 bridgehead atoms. The molecule has 1 atom stereocenters. The van der Waals surface area contributed by atoms with Crippen molar-refractivity contribution in [2.24, 2.45) is 5.92 Å². The second-order valence-electron chi connectivity index (χ2n) is 7.38. The van der Waals surface area contributed by atoms with E-state index in [0.29, 0.717) is 50.5 Å². The third-order valence-corrected chi connectivity index (χ3v) is 7.28. The Labute approximate surface area is 184 Å². The van der Waals surface area contributed by atoms with Crippen LogP contribution in [0.3, 0.4) is 0 Å². The topological polar surface area (TPSA) is 91.8 Å². The van der Waals surface area contributed by atoms with Crippen LogP contribution in [-0.2, 0) is 21.5 Å². The number of pyridine rings is 1. The molecule has 2 aromatic rings. The summed E-state index contributed by atoms with van der Waals surface area (Å²) in [6, 6.07) is 10.7. The Hall–Kier alpha value is -2.65. The lowest BCUT2D eigenvalue weighted by molar-refractivity contribution is -0.126. The number of piperidine rings is 1. The molecule has 9 heteroatoms. The van der Waals surface area contributed by atoms with E-state index in [1.807, 2.05) is 19.1 Å². The van der Waals surface area contributed by atoms with Gasteiger partial charge in [-0.1, -0.05) is 6.07 Å². The van der Waals surface area contributed by atoms with Gasteiger partial charge in [-0.25, -0.2) is 0 Å². The molecule has 1 saturated heterocycles. The van der Waals surface area contributed by atoms with Crippen LogP contribution in [0.4, 0.5) is 5.69 Å². The molecule has 0 radical (unpaired) electrons. The number of anilines is 1. The Morgan fingerprint density at radius 2 is 2.03 bits per heavy atom. The van der Waals surface area contributed by atoms with Crippen LogP contribution in [0.2, 0.25) is 0 Å². The van der Waals surface area contributed by atoms with E-state index in [-0.39, 0.29) is 18.4 Å². The van der Waals surface area contributed by atoms with Gasteiger partial charge in [0.2, 0.25) is 5.91 Å². The van der Waals surface area contributed by atoms with E-state index < -0.39 is 10.2 Å². The van der Waals surface area contributed by atoms with Gasteiger partial charge < -0.3 is 10.1 Å². The second-order valence-corrected chi connectivity index (χ2v) is 9.23. The number of carbonyl (C=O) groups excluding carboxylic acids is 1. The predicted octanol–water partition coefficient (Wildman–Crippen LogP) is 2.58. The first-order chi connectivity index (χ1) is 15.0. The summed E-state index contributed by atoms with van der Waals surface area (Å²) in [5.74, 6) is 0.190. The quantitative estimate of drug-likeness (QED) is 0.639. The first-order valence-corrected chi connectivity index (χ1v) is 12.0. The zero-order valence-corrected chi connectivity index (χ0v) is 18.8. The lowest BCUT2D eigenvalue weighted by atomic mass is 9.99. The minimum Gasteiger partial charge on any atom is -0.494 e. The number of hydrogen-bond donors (Lipinski definition) is 1. The molecule has 1 fully saturated rings. The highest BCUT2D eigenvalue weighted by Crippen LogP contribution is 2.27. The summed E-state index contributed by atoms with van der Waals surface area (Å²) >= 11 is 0. The summed E-state index contributed by atoms with van der Waals surface area (Å²) in [6.07, 6.45) is 4.69. The smallest absolute Gasteiger partial charge is 0.304 e. The van der Waals surface area contributed by atoms with Crippen molar-refractivity contribution in [2.45, 2.75) is 33.2 Å². The fourth-order valence-electron chi connectivity index (χ4n) is 3.70. The Morgan fingerprint density at radius 1 is 1.26 bits per heavy atom. The lowest BCUT2D eigenvalue weighted by Crippen LogP contribution is -2.50. The van der Waals surface area contributed by atoms with Gasteiger partial charge in [-0.15, -0.1) is 0 Å². The minimum absolute atomic E-state index is 0.132. The number of rotatable bonds is 9. The summed E-state index contributed by atoms with van der Waals surface area (Å²) in [5, 5.41) is 2.91. The fraction of sp³-hybridized carbons (Fsp3) is 0.455. The minimum atomic E-state index is -3.75. The molecule has 31 heavy (non-hydrogen) atoms. The highest BCUT2D eigenvalue weighted by molar-refractivity contribution is 7.90. The van der Waals surface area contributed by atoms with Crippen LogP contribution in [0.5, 0.6) is 5.75 Å². The maximum Gasteiger partial charge on any atom is 0.304 e. The Kier molecular flexibility index (Phi) is 7.86. The monoisotopic (exact) mass is 446 g/mol. The molecule has 1 aromatic carbocycles. The highest BCUT2D eigenvalue weighted by Gasteiger charge is 2.35. The molecule has 8 nitrogen and oxygen atoms in total. The van der Waals surface area contributed by atoms with Crippen LogP contribution in [0, 0.1) is 5.92 Å². The van der Waals surface area contributed by atoms with E-state index in [4.69, 9.17) is 4.74 Å². The summed E-state index contributed by atoms with van der Waals surface area (Å²) in [4.78, 5) is 16.7. The Morgan fingerprint density at radius 3 is 2.68 bits per heavy atom. The number of nitrogens with zero attached hydrogens (tertiary/aromatic N) is 3. The number of carbonyl (C=O) groups is 1. The third-order valence-electron chi connectivity index (χ3n) is 5.27. The molecule has 0 saturated carbocycles. The first-order valence-electron chi connectivity index (χ1n) is 10.6. The Balaban J connectivity index is 1.67. The van der Waals surface area contributed by atoms with Gasteiger partial charge >= 0.3 is 10.2 Å². The second kappa shape index (κ2) is 10.6. The van der Waals surface area contributed by atoms with Crippen LogP contribution < -0.4 is 14.4 Å². The zero-order valence-electron chi connectivity index (χ0n) is 18.0. The van der Waals surface area contributed by atoms with Crippen LogP contribution >= 0.6 is 0 Å². The van der Waals surface area contributed by atoms with Gasteiger partial charge in [0.05, 0.1) is 18.2 Å². The van der Waals surface area contributed by atoms with Gasteiger partial charge in [0.15, 0.2) is 0 Å². The molecule has 1 aliphatic heterocycles. The first kappa shape index (κ1) is 23.0. The summed E-state index contributed by atoms with van der Waals surface area (Å²) in [6.45, 7) is 5.50. The largest absolute Gasteiger partial charge is 0.494 e. The molecule has 0 aliphatic carbocycles. The summed E-state index contributed by atoms with van der Waals surface area (Å²) in [5.41, 5.74) is 1.48. The van der Waals surface area contributed by atoms with Crippen LogP contribution in [0.15, 0.2) is 48.8 Å². The molecule has 1 aliphatic rings. The highest BCUT2D eigenvalue weighted by atomic mass is 32.2. The van der Waals surface area contributed by atoms with Gasteiger partial charge in [-0.2, -0.15) is 12.7 Å². The van der Waals surface area contributed by atoms with E-state index >= 15 is 0 Å². The third kappa shape index (κ3) is 5.74. The lowest BCUT2D eigenvalue weighted by Gasteiger charge is -2.35. The molecule has 1 amide bonds. The average Bonchev–Trinajstić information content (AvgIpc) is 2.80. The van der Waals surface area contributed by atoms with Crippen LogP contribution in [-0.4, -0.2) is 49.9 Å². The number of aromatic nitrogens is 1. The predicted molar refractivity (Wildman–Crippen MR) is 120 cm³/mol. The van der Waals surface area contributed by atoms with E-state index in [2.05, 4.69) is 10.3 Å². The summed E-state index contributed by atoms with van der Waals surface area (Å²) < 4.78 is 35.0. The molecule has 1 aromatic heterocycles. The number of hydrogen-bond acceptors (Lipinski definition) is 5. The molecule has 1 N–H and O–H groups in total. The van der Waals surface area contributed by atoms with Crippen molar-refractivity contribution in [3.8, 4) is 5.75 Å². The number of nitrogens with one attached hydrogen (secondary N) is 1. The Bertz CT molecular complexity index is 951. The van der Waals surface area contributed by atoms with Crippen molar-refractivity contribution >= 4 is 21.8 Å². The van der Waals surface area contributed by atoms with Gasteiger partial charge in [-0.3, -0.25) is 14.1 Å². The number of amides is 1. The van der Waals surface area contributed by atoms with Crippen molar-refractivity contribution in [1.29, 1.82) is 0 Å². The molecule has 2 heterocycles. The van der Waals surface area contributed by atoms with Crippen molar-refractivity contribution in [1.82, 2.24) is 14.6 Å². The normalized spacial score (nSPS) is 17.2. The van der Waals surface area contributed by atoms with Gasteiger partial charge in [0, 0.05) is 38.6 Å². The van der Waals surface area contributed by atoms with Gasteiger partial charge in [0.25, 0.3) is 0 Å². The standard InChI is InChI=1S/C22H30N4O4S/c1-3-26(20-9-11-21(12-10-20)30-4-2)31(28,29)25-14-6-8-19(17-25)22(27)24-16-18-7-5-13-23-15-18/h5,7,9-13,15,19H,3-4,6,8,14,16-17H2,1-2H3,(H,24,27)/t19-/m0/s1. The molecule has 3 rings (SSSR count). The van der Waals surface area contributed by atoms with Crippen molar-refractivity contribution < 1.29 is 17.9 Å². The van der Waals surface area contributed by atoms with E-state index in [1.54, 1.807) is 43.6 Å². The number of benzene rings is 1. The van der Waals surface area contributed by atoms with Crippen molar-refractivity contribution in [3.63, 3.8) is 0 Å². The average molecular weight is 447 g/mol. The van der Waals surface area contributed by atoms with E-state index in [9.17, 15) is 13.2 Å². The SMILES string of the molecule is CCOc1ccc(N(CC)S(=O)(=O)N2CCC[C@H](C(=O)NCc3cccnc3)C2)cc1. The molecular weight excluding hydrogens is 416 g/mol. The van der Waals surface area contributed by atoms with Crippen molar-refractivity contribution in [2.75, 3.05) is 30.5 Å². The zero-order chi connectivity index (χ0) is 22.3. The molecule has 168 valence electrons. The number of ether oxygens (including phenoxy) is 1. The van der Waals surface area contributed by atoms with E-state index in [0.717, 1.165) is 5.56 Å². The molecular formula is C22H30N4O4S. The maximum atomic E-state index is 13.4. The fourth-order valence-corrected chi connectivity index (χ4v) is 5.42. The van der Waals surface area contributed by atoms with E-state index in [1.165, 1.54) is 8.61 Å². The van der Waals surface area contributed by atoms with Crippen LogP contribution in [0.25, 0.3) is 0 Å². The summed E-state index contributed by atoms with van der Waals surface area (Å²) in [7, 11) is -3.75. The maximum absolute atomic E-state index is 13.4. The van der Waals surface area contributed by atoms with Gasteiger partial charge in [0.1, 0.15) is 5.75 Å². The van der Waals surface area contributed by atoms with Gasteiger partial charge in [-0.05, 0) is 62.6 Å². The molecule has 0 spiro atoms. The molecule has 0 unspecified atom stereocenters. The van der Waals surface area contributed by atoms with Crippen LogP contribution in [0.1, 0.15) is 32.3 Å².